The van der Waals surface area contributed by atoms with E-state index in [0.29, 0.717) is 17.5 Å². The van der Waals surface area contributed by atoms with Gasteiger partial charge in [0.05, 0.1) is 7.11 Å². The molecule has 1 aliphatic rings. The van der Waals surface area contributed by atoms with Crippen molar-refractivity contribution in [3.05, 3.63) is 29.8 Å². The Morgan fingerprint density at radius 2 is 1.84 bits per heavy atom. The van der Waals surface area contributed by atoms with Gasteiger partial charge in [0.2, 0.25) is 0 Å². The van der Waals surface area contributed by atoms with Gasteiger partial charge in [-0.1, -0.05) is 32.0 Å². The van der Waals surface area contributed by atoms with Crippen molar-refractivity contribution in [1.29, 1.82) is 0 Å². The second-order valence-electron chi connectivity index (χ2n) is 6.57. The van der Waals surface area contributed by atoms with Crippen LogP contribution in [0, 0.1) is 5.41 Å². The largest absolute Gasteiger partial charge is 0.496 e. The minimum atomic E-state index is 0.349. The molecule has 0 radical (unpaired) electrons. The van der Waals surface area contributed by atoms with Gasteiger partial charge < -0.3 is 10.1 Å². The van der Waals surface area contributed by atoms with Gasteiger partial charge >= 0.3 is 0 Å². The Morgan fingerprint density at radius 3 is 2.47 bits per heavy atom. The maximum atomic E-state index is 5.45. The number of hydrogen-bond donors (Lipinski definition) is 1. The van der Waals surface area contributed by atoms with Crippen LogP contribution in [0.15, 0.2) is 24.3 Å². The lowest BCUT2D eigenvalue weighted by Crippen LogP contribution is -2.37. The second kappa shape index (κ2) is 5.96. The van der Waals surface area contributed by atoms with Crippen molar-refractivity contribution in [2.45, 2.75) is 58.5 Å². The molecule has 0 amide bonds. The number of methoxy groups -OCH3 is 1. The van der Waals surface area contributed by atoms with Gasteiger partial charge in [0.25, 0.3) is 0 Å². The van der Waals surface area contributed by atoms with Crippen molar-refractivity contribution in [3.8, 4) is 5.75 Å². The van der Waals surface area contributed by atoms with E-state index in [4.69, 9.17) is 4.74 Å². The molecule has 1 aliphatic carbocycles. The van der Waals surface area contributed by atoms with Gasteiger partial charge in [-0.2, -0.15) is 0 Å². The minimum absolute atomic E-state index is 0.349. The van der Waals surface area contributed by atoms with E-state index in [-0.39, 0.29) is 0 Å². The molecule has 1 aromatic carbocycles. The zero-order chi connectivity index (χ0) is 13.9. The fourth-order valence-electron chi connectivity index (χ4n) is 3.03. The summed E-state index contributed by atoms with van der Waals surface area (Å²) in [5, 5.41) is 3.77. The van der Waals surface area contributed by atoms with Crippen LogP contribution in [-0.2, 0) is 0 Å². The smallest absolute Gasteiger partial charge is 0.123 e. The predicted octanol–water partition coefficient (Wildman–Crippen LogP) is 4.31. The molecule has 0 bridgehead atoms. The summed E-state index contributed by atoms with van der Waals surface area (Å²) in [6, 6.07) is 9.30. The Bertz CT molecular complexity index is 403. The first-order chi connectivity index (χ1) is 9.02. The molecule has 0 unspecified atom stereocenters. The molecule has 19 heavy (non-hydrogen) atoms. The van der Waals surface area contributed by atoms with Crippen LogP contribution in [0.5, 0.6) is 5.75 Å². The van der Waals surface area contributed by atoms with Gasteiger partial charge in [-0.3, -0.25) is 0 Å². The highest BCUT2D eigenvalue weighted by Gasteiger charge is 2.27. The quantitative estimate of drug-likeness (QED) is 0.871. The molecule has 0 spiro atoms. The van der Waals surface area contributed by atoms with Crippen LogP contribution in [0.4, 0.5) is 0 Å². The highest BCUT2D eigenvalue weighted by atomic mass is 16.5. The van der Waals surface area contributed by atoms with E-state index in [1.165, 1.54) is 31.2 Å². The third-order valence-corrected chi connectivity index (χ3v) is 4.43. The molecule has 1 atom stereocenters. The van der Waals surface area contributed by atoms with Gasteiger partial charge in [0.15, 0.2) is 0 Å². The van der Waals surface area contributed by atoms with Crippen LogP contribution < -0.4 is 10.1 Å². The Labute approximate surface area is 117 Å². The van der Waals surface area contributed by atoms with Gasteiger partial charge in [-0.25, -0.2) is 0 Å². The fourth-order valence-corrected chi connectivity index (χ4v) is 3.03. The topological polar surface area (TPSA) is 21.3 Å². The SMILES string of the molecule is COc1ccccc1[C@@H](C)NC1CCC(C)(C)CC1. The molecule has 2 heteroatoms. The third-order valence-electron chi connectivity index (χ3n) is 4.43. The monoisotopic (exact) mass is 261 g/mol. The first-order valence-electron chi connectivity index (χ1n) is 7.41. The van der Waals surface area contributed by atoms with Crippen molar-refractivity contribution in [2.24, 2.45) is 5.41 Å². The summed E-state index contributed by atoms with van der Waals surface area (Å²) < 4.78 is 5.45. The van der Waals surface area contributed by atoms with Gasteiger partial charge in [0, 0.05) is 17.6 Å². The summed E-state index contributed by atoms with van der Waals surface area (Å²) in [7, 11) is 1.74. The number of benzene rings is 1. The Balaban J connectivity index is 1.96. The van der Waals surface area contributed by atoms with E-state index < -0.39 is 0 Å². The molecule has 2 rings (SSSR count). The Kier molecular flexibility index (Phi) is 4.51. The number of rotatable bonds is 4. The molecule has 0 aliphatic heterocycles. The lowest BCUT2D eigenvalue weighted by Gasteiger charge is -2.36. The van der Waals surface area contributed by atoms with Crippen molar-refractivity contribution >= 4 is 0 Å². The van der Waals surface area contributed by atoms with Crippen LogP contribution >= 0.6 is 0 Å². The fraction of sp³-hybridized carbons (Fsp3) is 0.647. The van der Waals surface area contributed by atoms with E-state index in [2.05, 4.69) is 38.2 Å². The zero-order valence-corrected chi connectivity index (χ0v) is 12.7. The number of ether oxygens (including phenoxy) is 1. The molecule has 1 aromatic rings. The molecule has 2 nitrogen and oxygen atoms in total. The summed E-state index contributed by atoms with van der Waals surface area (Å²) in [5.41, 5.74) is 1.79. The predicted molar refractivity (Wildman–Crippen MR) is 80.6 cm³/mol. The first kappa shape index (κ1) is 14.4. The highest BCUT2D eigenvalue weighted by Crippen LogP contribution is 2.36. The summed E-state index contributed by atoms with van der Waals surface area (Å²) in [6.45, 7) is 7.00. The van der Waals surface area contributed by atoms with Crippen molar-refractivity contribution < 1.29 is 4.74 Å². The maximum Gasteiger partial charge on any atom is 0.123 e. The number of hydrogen-bond acceptors (Lipinski definition) is 2. The van der Waals surface area contributed by atoms with Gasteiger partial charge in [0.1, 0.15) is 5.75 Å². The van der Waals surface area contributed by atoms with Crippen molar-refractivity contribution in [1.82, 2.24) is 5.32 Å². The molecule has 0 heterocycles. The molecule has 1 saturated carbocycles. The van der Waals surface area contributed by atoms with Crippen LogP contribution in [0.2, 0.25) is 0 Å². The summed E-state index contributed by atoms with van der Waals surface area (Å²) in [5.74, 6) is 0.985. The average molecular weight is 261 g/mol. The summed E-state index contributed by atoms with van der Waals surface area (Å²) >= 11 is 0. The zero-order valence-electron chi connectivity index (χ0n) is 12.7. The van der Waals surface area contributed by atoms with Crippen molar-refractivity contribution in [2.75, 3.05) is 7.11 Å². The second-order valence-corrected chi connectivity index (χ2v) is 6.57. The van der Waals surface area contributed by atoms with Gasteiger partial charge in [-0.15, -0.1) is 0 Å². The molecule has 0 aromatic heterocycles. The number of para-hydroxylation sites is 1. The van der Waals surface area contributed by atoms with Crippen molar-refractivity contribution in [3.63, 3.8) is 0 Å². The molecule has 1 N–H and O–H groups in total. The molecular formula is C17H27NO. The average Bonchev–Trinajstić information content (AvgIpc) is 2.41. The Morgan fingerprint density at radius 1 is 1.21 bits per heavy atom. The lowest BCUT2D eigenvalue weighted by molar-refractivity contribution is 0.199. The molecular weight excluding hydrogens is 234 g/mol. The molecule has 0 saturated heterocycles. The van der Waals surface area contributed by atoms with Crippen LogP contribution in [0.25, 0.3) is 0 Å². The van der Waals surface area contributed by atoms with Crippen LogP contribution in [0.1, 0.15) is 58.1 Å². The minimum Gasteiger partial charge on any atom is -0.496 e. The number of nitrogens with one attached hydrogen (secondary N) is 1. The normalized spacial score (nSPS) is 21.1. The molecule has 1 fully saturated rings. The van der Waals surface area contributed by atoms with E-state index in [0.717, 1.165) is 5.75 Å². The first-order valence-corrected chi connectivity index (χ1v) is 7.41. The lowest BCUT2D eigenvalue weighted by atomic mass is 9.75. The van der Waals surface area contributed by atoms with E-state index in [9.17, 15) is 0 Å². The maximum absolute atomic E-state index is 5.45. The van der Waals surface area contributed by atoms with E-state index >= 15 is 0 Å². The van der Waals surface area contributed by atoms with E-state index in [1.54, 1.807) is 7.11 Å². The third kappa shape index (κ3) is 3.73. The van der Waals surface area contributed by atoms with E-state index in [1.807, 2.05) is 12.1 Å². The Hall–Kier alpha value is -1.02. The summed E-state index contributed by atoms with van der Waals surface area (Å²) in [4.78, 5) is 0. The van der Waals surface area contributed by atoms with Gasteiger partial charge in [-0.05, 0) is 44.1 Å². The standard InChI is InChI=1S/C17H27NO/c1-13(15-7-5-6-8-16(15)19-4)18-14-9-11-17(2,3)12-10-14/h5-8,13-14,18H,9-12H2,1-4H3/t13-/m1/s1. The highest BCUT2D eigenvalue weighted by molar-refractivity contribution is 5.35. The molecule has 106 valence electrons. The van der Waals surface area contributed by atoms with Crippen LogP contribution in [0.3, 0.4) is 0 Å². The van der Waals surface area contributed by atoms with Crippen LogP contribution in [-0.4, -0.2) is 13.2 Å². The summed E-state index contributed by atoms with van der Waals surface area (Å²) in [6.07, 6.45) is 5.21.